The average Bonchev–Trinajstić information content (AvgIpc) is 2.70. The molecule has 0 atom stereocenters. The van der Waals surface area contributed by atoms with Crippen LogP contribution in [-0.4, -0.2) is 30.6 Å². The Hall–Kier alpha value is -1.34. The van der Waals surface area contributed by atoms with Gasteiger partial charge in [-0.1, -0.05) is 20.8 Å². The van der Waals surface area contributed by atoms with Crippen molar-refractivity contribution in [1.82, 2.24) is 9.29 Å². The highest BCUT2D eigenvalue weighted by Gasteiger charge is 2.23. The van der Waals surface area contributed by atoms with Crippen molar-refractivity contribution in [2.24, 2.45) is 12.5 Å². The molecule has 0 radical (unpaired) electrons. The molecule has 7 heteroatoms. The van der Waals surface area contributed by atoms with Gasteiger partial charge in [-0.05, 0) is 17.9 Å². The van der Waals surface area contributed by atoms with E-state index in [-0.39, 0.29) is 16.0 Å². The predicted octanol–water partition coefficient (Wildman–Crippen LogP) is 1.44. The number of aryl methyl sites for hydroxylation is 1. The van der Waals surface area contributed by atoms with Gasteiger partial charge in [0.2, 0.25) is 10.0 Å². The monoisotopic (exact) mass is 288 g/mol. The number of sulfonamides is 1. The molecule has 1 rings (SSSR count). The van der Waals surface area contributed by atoms with Crippen LogP contribution in [0.4, 0.5) is 0 Å². The molecule has 0 saturated carbocycles. The quantitative estimate of drug-likeness (QED) is 0.829. The van der Waals surface area contributed by atoms with E-state index >= 15 is 0 Å². The van der Waals surface area contributed by atoms with E-state index in [2.05, 4.69) is 4.72 Å². The lowest BCUT2D eigenvalue weighted by Gasteiger charge is -2.22. The summed E-state index contributed by atoms with van der Waals surface area (Å²) in [5, 5.41) is 8.91. The number of aromatic nitrogens is 1. The van der Waals surface area contributed by atoms with E-state index < -0.39 is 16.0 Å². The molecule has 0 spiro atoms. The van der Waals surface area contributed by atoms with E-state index in [0.717, 1.165) is 12.5 Å². The minimum absolute atomic E-state index is 0.0284. The fraction of sp³-hybridized carbons (Fsp3) is 0.583. The Morgan fingerprint density at radius 1 is 1.47 bits per heavy atom. The topological polar surface area (TPSA) is 88.4 Å². The third kappa shape index (κ3) is 3.81. The van der Waals surface area contributed by atoms with Crippen molar-refractivity contribution in [3.05, 3.63) is 18.0 Å². The zero-order chi connectivity index (χ0) is 14.8. The molecular formula is C12H20N2O4S. The largest absolute Gasteiger partial charge is 0.477 e. The van der Waals surface area contributed by atoms with Gasteiger partial charge < -0.3 is 9.67 Å². The molecular weight excluding hydrogens is 268 g/mol. The molecule has 0 aliphatic heterocycles. The number of nitrogens with zero attached hydrogens (tertiary/aromatic N) is 1. The van der Waals surface area contributed by atoms with Crippen molar-refractivity contribution in [3.8, 4) is 0 Å². The summed E-state index contributed by atoms with van der Waals surface area (Å²) < 4.78 is 27.9. The Balaban J connectivity index is 2.96. The number of rotatable bonds is 6. The van der Waals surface area contributed by atoms with Gasteiger partial charge in [-0.15, -0.1) is 0 Å². The first kappa shape index (κ1) is 15.7. The second kappa shape index (κ2) is 5.34. The third-order valence-corrected chi connectivity index (χ3v) is 4.58. The maximum Gasteiger partial charge on any atom is 0.352 e. The highest BCUT2D eigenvalue weighted by molar-refractivity contribution is 7.89. The van der Waals surface area contributed by atoms with E-state index in [4.69, 9.17) is 5.11 Å². The SMILES string of the molecule is CCC(C)(C)CNS(=O)(=O)c1cc(C(=O)O)n(C)c1. The summed E-state index contributed by atoms with van der Waals surface area (Å²) in [5.74, 6) is -1.15. The van der Waals surface area contributed by atoms with Gasteiger partial charge in [-0.25, -0.2) is 17.9 Å². The Bertz CT molecular complexity index is 573. The molecule has 1 aromatic heterocycles. The average molecular weight is 288 g/mol. The summed E-state index contributed by atoms with van der Waals surface area (Å²) in [6.45, 7) is 6.22. The van der Waals surface area contributed by atoms with Gasteiger partial charge in [0.1, 0.15) is 10.6 Å². The Morgan fingerprint density at radius 2 is 2.05 bits per heavy atom. The van der Waals surface area contributed by atoms with Crippen molar-refractivity contribution in [2.45, 2.75) is 32.1 Å². The molecule has 108 valence electrons. The number of nitrogens with one attached hydrogen (secondary N) is 1. The standard InChI is InChI=1S/C12H20N2O4S/c1-5-12(2,3)8-13-19(17,18)9-6-10(11(15)16)14(4)7-9/h6-7,13H,5,8H2,1-4H3,(H,15,16). The van der Waals surface area contributed by atoms with Gasteiger partial charge in [-0.3, -0.25) is 0 Å². The Labute approximate surface area is 113 Å². The van der Waals surface area contributed by atoms with Gasteiger partial charge in [0.25, 0.3) is 0 Å². The molecule has 19 heavy (non-hydrogen) atoms. The van der Waals surface area contributed by atoms with Crippen LogP contribution < -0.4 is 4.72 Å². The molecule has 0 aromatic carbocycles. The highest BCUT2D eigenvalue weighted by Crippen LogP contribution is 2.20. The second-order valence-electron chi connectivity index (χ2n) is 5.32. The molecule has 0 saturated heterocycles. The summed E-state index contributed by atoms with van der Waals surface area (Å²) in [6.07, 6.45) is 2.13. The van der Waals surface area contributed by atoms with Gasteiger partial charge in [0.05, 0.1) is 0 Å². The molecule has 0 aliphatic carbocycles. The highest BCUT2D eigenvalue weighted by atomic mass is 32.2. The summed E-state index contributed by atoms with van der Waals surface area (Å²) in [5.41, 5.74) is -0.201. The first-order chi connectivity index (χ1) is 8.59. The van der Waals surface area contributed by atoms with Crippen LogP contribution in [0, 0.1) is 5.41 Å². The van der Waals surface area contributed by atoms with Crippen LogP contribution in [0.3, 0.4) is 0 Å². The van der Waals surface area contributed by atoms with E-state index in [9.17, 15) is 13.2 Å². The minimum atomic E-state index is -3.67. The van der Waals surface area contributed by atoms with Crippen molar-refractivity contribution < 1.29 is 18.3 Å². The number of aromatic carboxylic acids is 1. The van der Waals surface area contributed by atoms with Crippen molar-refractivity contribution in [2.75, 3.05) is 6.54 Å². The molecule has 1 heterocycles. The molecule has 0 unspecified atom stereocenters. The summed E-state index contributed by atoms with van der Waals surface area (Å²) in [4.78, 5) is 10.9. The molecule has 1 aromatic rings. The predicted molar refractivity (Wildman–Crippen MR) is 71.6 cm³/mol. The Morgan fingerprint density at radius 3 is 2.47 bits per heavy atom. The molecule has 0 amide bonds. The maximum atomic E-state index is 12.1. The molecule has 0 bridgehead atoms. The lowest BCUT2D eigenvalue weighted by molar-refractivity contribution is 0.0686. The van der Waals surface area contributed by atoms with Crippen LogP contribution in [0.5, 0.6) is 0 Å². The smallest absolute Gasteiger partial charge is 0.352 e. The third-order valence-electron chi connectivity index (χ3n) is 3.21. The van der Waals surface area contributed by atoms with Crippen LogP contribution in [0.25, 0.3) is 0 Å². The lowest BCUT2D eigenvalue weighted by atomic mass is 9.91. The van der Waals surface area contributed by atoms with Crippen LogP contribution >= 0.6 is 0 Å². The van der Waals surface area contributed by atoms with Crippen LogP contribution in [-0.2, 0) is 17.1 Å². The van der Waals surface area contributed by atoms with Crippen molar-refractivity contribution in [1.29, 1.82) is 0 Å². The number of carboxylic acid groups (broad SMARTS) is 1. The second-order valence-corrected chi connectivity index (χ2v) is 7.09. The van der Waals surface area contributed by atoms with E-state index in [0.29, 0.717) is 6.54 Å². The zero-order valence-electron chi connectivity index (χ0n) is 11.6. The normalized spacial score (nSPS) is 12.6. The lowest BCUT2D eigenvalue weighted by Crippen LogP contribution is -2.33. The van der Waals surface area contributed by atoms with E-state index in [1.165, 1.54) is 17.8 Å². The van der Waals surface area contributed by atoms with E-state index in [1.54, 1.807) is 0 Å². The summed E-state index contributed by atoms with van der Waals surface area (Å²) >= 11 is 0. The van der Waals surface area contributed by atoms with Gasteiger partial charge in [-0.2, -0.15) is 0 Å². The number of hydrogen-bond acceptors (Lipinski definition) is 3. The molecule has 6 nitrogen and oxygen atoms in total. The number of carboxylic acids is 1. The van der Waals surface area contributed by atoms with Crippen LogP contribution in [0.2, 0.25) is 0 Å². The molecule has 2 N–H and O–H groups in total. The zero-order valence-corrected chi connectivity index (χ0v) is 12.4. The van der Waals surface area contributed by atoms with Crippen LogP contribution in [0.15, 0.2) is 17.2 Å². The minimum Gasteiger partial charge on any atom is -0.477 e. The van der Waals surface area contributed by atoms with Gasteiger partial charge in [0.15, 0.2) is 0 Å². The maximum absolute atomic E-state index is 12.1. The number of carbonyl (C=O) groups is 1. The summed E-state index contributed by atoms with van der Waals surface area (Å²) in [6, 6.07) is 1.16. The summed E-state index contributed by atoms with van der Waals surface area (Å²) in [7, 11) is -2.17. The number of hydrogen-bond donors (Lipinski definition) is 2. The molecule has 0 aliphatic rings. The fourth-order valence-corrected chi connectivity index (χ4v) is 2.70. The van der Waals surface area contributed by atoms with Crippen LogP contribution in [0.1, 0.15) is 37.7 Å². The van der Waals surface area contributed by atoms with Gasteiger partial charge in [0, 0.05) is 19.8 Å². The van der Waals surface area contributed by atoms with Crippen molar-refractivity contribution in [3.63, 3.8) is 0 Å². The first-order valence-corrected chi connectivity index (χ1v) is 7.47. The fourth-order valence-electron chi connectivity index (χ4n) is 1.39. The van der Waals surface area contributed by atoms with Crippen molar-refractivity contribution >= 4 is 16.0 Å². The van der Waals surface area contributed by atoms with E-state index in [1.807, 2.05) is 20.8 Å². The Kier molecular flexibility index (Phi) is 4.42. The van der Waals surface area contributed by atoms with Gasteiger partial charge >= 0.3 is 5.97 Å². The first-order valence-electron chi connectivity index (χ1n) is 5.98. The molecule has 0 fully saturated rings.